The molecule has 0 atom stereocenters. The van der Waals surface area contributed by atoms with E-state index < -0.39 is 0 Å². The largest absolute Gasteiger partial charge is 0.493 e. The Bertz CT molecular complexity index is 731. The van der Waals surface area contributed by atoms with Crippen molar-refractivity contribution in [2.24, 2.45) is 0 Å². The molecule has 0 aliphatic carbocycles. The molecule has 0 fully saturated rings. The maximum Gasteiger partial charge on any atom is 0.161 e. The molecule has 2 aromatic carbocycles. The number of benzene rings is 2. The lowest BCUT2D eigenvalue weighted by Crippen LogP contribution is -1.95. The van der Waals surface area contributed by atoms with Gasteiger partial charge in [-0.1, -0.05) is 24.3 Å². The zero-order chi connectivity index (χ0) is 13.9. The molecule has 0 bridgehead atoms. The third-order valence-corrected chi connectivity index (χ3v) is 4.24. The van der Waals surface area contributed by atoms with Gasteiger partial charge in [0.15, 0.2) is 11.5 Å². The molecular formula is C17H16O2S. The van der Waals surface area contributed by atoms with Crippen LogP contribution in [-0.2, 0) is 6.61 Å². The summed E-state index contributed by atoms with van der Waals surface area (Å²) < 4.78 is 12.5. The fourth-order valence-electron chi connectivity index (χ4n) is 2.15. The molecule has 0 saturated heterocycles. The van der Waals surface area contributed by atoms with E-state index in [9.17, 15) is 0 Å². The molecule has 1 heterocycles. The highest BCUT2D eigenvalue weighted by molar-refractivity contribution is 7.19. The van der Waals surface area contributed by atoms with Crippen LogP contribution in [0.5, 0.6) is 11.5 Å². The number of hydrogen-bond donors (Lipinski definition) is 0. The van der Waals surface area contributed by atoms with Crippen molar-refractivity contribution >= 4 is 21.4 Å². The molecule has 0 unspecified atom stereocenters. The van der Waals surface area contributed by atoms with Gasteiger partial charge in [-0.05, 0) is 42.1 Å². The Morgan fingerprint density at radius 2 is 1.80 bits per heavy atom. The Morgan fingerprint density at radius 3 is 2.60 bits per heavy atom. The van der Waals surface area contributed by atoms with E-state index in [2.05, 4.69) is 31.2 Å². The highest BCUT2D eigenvalue weighted by Crippen LogP contribution is 2.30. The molecule has 1 aromatic heterocycles. The number of methoxy groups -OCH3 is 1. The predicted octanol–water partition coefficient (Wildman–Crippen LogP) is 4.80. The van der Waals surface area contributed by atoms with Crippen LogP contribution in [0.15, 0.2) is 48.5 Å². The molecule has 0 saturated carbocycles. The van der Waals surface area contributed by atoms with Crippen LogP contribution < -0.4 is 9.47 Å². The van der Waals surface area contributed by atoms with E-state index >= 15 is 0 Å². The molecule has 0 spiro atoms. The lowest BCUT2D eigenvalue weighted by Gasteiger charge is -2.08. The summed E-state index contributed by atoms with van der Waals surface area (Å²) in [5.74, 6) is 1.55. The van der Waals surface area contributed by atoms with Gasteiger partial charge in [-0.2, -0.15) is 0 Å². The minimum Gasteiger partial charge on any atom is -0.493 e. The van der Waals surface area contributed by atoms with Crippen LogP contribution in [0.2, 0.25) is 0 Å². The van der Waals surface area contributed by atoms with Gasteiger partial charge in [0, 0.05) is 9.58 Å². The first-order valence-electron chi connectivity index (χ1n) is 6.51. The molecule has 3 aromatic rings. The van der Waals surface area contributed by atoms with Crippen molar-refractivity contribution < 1.29 is 9.47 Å². The number of aryl methyl sites for hydroxylation is 1. The Morgan fingerprint density at radius 1 is 1.00 bits per heavy atom. The van der Waals surface area contributed by atoms with Crippen LogP contribution in [0, 0.1) is 6.92 Å². The summed E-state index contributed by atoms with van der Waals surface area (Å²) in [6.07, 6.45) is 0. The highest BCUT2D eigenvalue weighted by Gasteiger charge is 2.06. The first kappa shape index (κ1) is 13.0. The molecule has 20 heavy (non-hydrogen) atoms. The first-order valence-corrected chi connectivity index (χ1v) is 7.33. The lowest BCUT2D eigenvalue weighted by molar-refractivity contribution is 0.287. The smallest absolute Gasteiger partial charge is 0.161 e. The number of ether oxygens (including phenoxy) is 2. The van der Waals surface area contributed by atoms with Gasteiger partial charge in [0.1, 0.15) is 6.61 Å². The van der Waals surface area contributed by atoms with Crippen LogP contribution >= 0.6 is 11.3 Å². The van der Waals surface area contributed by atoms with Crippen molar-refractivity contribution in [3.63, 3.8) is 0 Å². The van der Waals surface area contributed by atoms with Crippen molar-refractivity contribution in [1.82, 2.24) is 0 Å². The van der Waals surface area contributed by atoms with Crippen LogP contribution in [-0.4, -0.2) is 7.11 Å². The minimum atomic E-state index is 0.568. The fourth-order valence-corrected chi connectivity index (χ4v) is 3.23. The van der Waals surface area contributed by atoms with E-state index in [4.69, 9.17) is 9.47 Å². The van der Waals surface area contributed by atoms with Gasteiger partial charge < -0.3 is 9.47 Å². The summed E-state index contributed by atoms with van der Waals surface area (Å²) in [5, 5.41) is 1.28. The van der Waals surface area contributed by atoms with E-state index in [0.29, 0.717) is 6.61 Å². The Kier molecular flexibility index (Phi) is 3.61. The van der Waals surface area contributed by atoms with Gasteiger partial charge in [-0.25, -0.2) is 0 Å². The summed E-state index contributed by atoms with van der Waals surface area (Å²) in [5.41, 5.74) is 1.29. The molecular weight excluding hydrogens is 268 g/mol. The van der Waals surface area contributed by atoms with Gasteiger partial charge in [0.25, 0.3) is 0 Å². The molecule has 0 aliphatic heterocycles. The van der Waals surface area contributed by atoms with Crippen LogP contribution in [0.1, 0.15) is 10.4 Å². The van der Waals surface area contributed by atoms with E-state index in [0.717, 1.165) is 11.5 Å². The average Bonchev–Trinajstić information content (AvgIpc) is 2.87. The summed E-state index contributed by atoms with van der Waals surface area (Å²) in [6, 6.07) is 16.4. The number of para-hydroxylation sites is 2. The SMILES string of the molecule is COc1ccccc1OCc1cc2ccc(C)cc2s1. The second kappa shape index (κ2) is 5.55. The van der Waals surface area contributed by atoms with Crippen molar-refractivity contribution in [3.8, 4) is 11.5 Å². The molecule has 3 heteroatoms. The molecule has 0 N–H and O–H groups in total. The predicted molar refractivity (Wildman–Crippen MR) is 83.9 cm³/mol. The maximum absolute atomic E-state index is 5.86. The fraction of sp³-hybridized carbons (Fsp3) is 0.176. The number of rotatable bonds is 4. The third-order valence-electron chi connectivity index (χ3n) is 3.17. The standard InChI is InChI=1S/C17H16O2S/c1-12-7-8-13-10-14(20-17(13)9-12)11-19-16-6-4-3-5-15(16)18-2/h3-10H,11H2,1-2H3. The summed E-state index contributed by atoms with van der Waals surface area (Å²) in [6.45, 7) is 2.68. The molecule has 0 amide bonds. The van der Waals surface area contributed by atoms with Gasteiger partial charge in [0.05, 0.1) is 7.11 Å². The summed E-state index contributed by atoms with van der Waals surface area (Å²) >= 11 is 1.78. The van der Waals surface area contributed by atoms with E-state index in [1.807, 2.05) is 24.3 Å². The minimum absolute atomic E-state index is 0.568. The van der Waals surface area contributed by atoms with Crippen molar-refractivity contribution in [1.29, 1.82) is 0 Å². The second-order valence-corrected chi connectivity index (χ2v) is 5.86. The molecule has 0 radical (unpaired) electrons. The summed E-state index contributed by atoms with van der Waals surface area (Å²) in [7, 11) is 1.66. The van der Waals surface area contributed by atoms with Gasteiger partial charge in [-0.3, -0.25) is 0 Å². The average molecular weight is 284 g/mol. The van der Waals surface area contributed by atoms with Gasteiger partial charge in [0.2, 0.25) is 0 Å². The van der Waals surface area contributed by atoms with Gasteiger partial charge >= 0.3 is 0 Å². The molecule has 102 valence electrons. The summed E-state index contributed by atoms with van der Waals surface area (Å²) in [4.78, 5) is 1.22. The number of fused-ring (bicyclic) bond motifs is 1. The molecule has 0 aliphatic rings. The van der Waals surface area contributed by atoms with Crippen LogP contribution in [0.3, 0.4) is 0 Å². The Labute approximate surface area is 122 Å². The zero-order valence-corrected chi connectivity index (χ0v) is 12.4. The van der Waals surface area contributed by atoms with E-state index in [-0.39, 0.29) is 0 Å². The molecule has 3 rings (SSSR count). The van der Waals surface area contributed by atoms with Crippen molar-refractivity contribution in [2.45, 2.75) is 13.5 Å². The topological polar surface area (TPSA) is 18.5 Å². The zero-order valence-electron chi connectivity index (χ0n) is 11.6. The van der Waals surface area contributed by atoms with Crippen LogP contribution in [0.4, 0.5) is 0 Å². The Hall–Kier alpha value is -2.00. The number of thiophene rings is 1. The first-order chi connectivity index (χ1) is 9.76. The highest BCUT2D eigenvalue weighted by atomic mass is 32.1. The Balaban J connectivity index is 1.79. The monoisotopic (exact) mass is 284 g/mol. The van der Waals surface area contributed by atoms with E-state index in [1.54, 1.807) is 18.4 Å². The maximum atomic E-state index is 5.86. The lowest BCUT2D eigenvalue weighted by atomic mass is 10.2. The third kappa shape index (κ3) is 2.63. The van der Waals surface area contributed by atoms with E-state index in [1.165, 1.54) is 20.5 Å². The van der Waals surface area contributed by atoms with Gasteiger partial charge in [-0.15, -0.1) is 11.3 Å². The van der Waals surface area contributed by atoms with Crippen molar-refractivity contribution in [2.75, 3.05) is 7.11 Å². The number of hydrogen-bond acceptors (Lipinski definition) is 3. The quantitative estimate of drug-likeness (QED) is 0.685. The molecule has 2 nitrogen and oxygen atoms in total. The normalized spacial score (nSPS) is 10.7. The van der Waals surface area contributed by atoms with Crippen LogP contribution in [0.25, 0.3) is 10.1 Å². The van der Waals surface area contributed by atoms with Crippen molar-refractivity contribution in [3.05, 3.63) is 59.0 Å². The second-order valence-electron chi connectivity index (χ2n) is 4.69.